The third-order valence-corrected chi connectivity index (χ3v) is 6.37. The van der Waals surface area contributed by atoms with Gasteiger partial charge in [0, 0.05) is 44.2 Å². The maximum atomic E-state index is 11.4. The second-order valence-corrected chi connectivity index (χ2v) is 9.64. The molecule has 0 spiro atoms. The molecule has 0 aliphatic rings. The van der Waals surface area contributed by atoms with Crippen LogP contribution in [-0.2, 0) is 24.9 Å². The Kier molecular flexibility index (Phi) is 12.6. The molecule has 1 N–H and O–H groups in total. The summed E-state index contributed by atoms with van der Waals surface area (Å²) < 4.78 is 0. The molecule has 3 nitrogen and oxygen atoms in total. The molecule has 2 unspecified atom stereocenters. The van der Waals surface area contributed by atoms with Gasteiger partial charge in [0.25, 0.3) is 0 Å². The van der Waals surface area contributed by atoms with Crippen LogP contribution in [0, 0.1) is 31.7 Å². The Labute approximate surface area is 225 Å². The summed E-state index contributed by atoms with van der Waals surface area (Å²) in [4.78, 5) is 16.0. The van der Waals surface area contributed by atoms with Crippen molar-refractivity contribution in [1.82, 2.24) is 4.98 Å². The normalized spacial score (nSPS) is 13.0. The molecule has 3 aromatic rings. The molecule has 191 valence electrons. The van der Waals surface area contributed by atoms with E-state index in [4.69, 9.17) is 0 Å². The Hall–Kier alpha value is -2.29. The molecule has 4 heteroatoms. The van der Waals surface area contributed by atoms with E-state index in [2.05, 4.69) is 75.1 Å². The summed E-state index contributed by atoms with van der Waals surface area (Å²) in [6.45, 7) is 16.4. The number of carbonyl (C=O) groups is 1. The first-order valence-electron chi connectivity index (χ1n) is 12.4. The first-order chi connectivity index (χ1) is 16.1. The van der Waals surface area contributed by atoms with Crippen LogP contribution in [-0.4, -0.2) is 15.9 Å². The molecule has 1 radical (unpaired) electrons. The topological polar surface area (TPSA) is 50.2 Å². The summed E-state index contributed by atoms with van der Waals surface area (Å²) in [7, 11) is 0. The summed E-state index contributed by atoms with van der Waals surface area (Å²) in [5, 5.41) is 11.9. The molecule has 1 heterocycles. The van der Waals surface area contributed by atoms with Crippen LogP contribution in [0.4, 0.5) is 0 Å². The third-order valence-electron chi connectivity index (χ3n) is 6.37. The molecule has 0 bridgehead atoms. The van der Waals surface area contributed by atoms with Gasteiger partial charge in [-0.3, -0.25) is 4.79 Å². The minimum atomic E-state index is 0. The van der Waals surface area contributed by atoms with Crippen molar-refractivity contribution in [3.8, 4) is 11.3 Å². The quantitative estimate of drug-likeness (QED) is 0.158. The zero-order valence-corrected chi connectivity index (χ0v) is 24.8. The fourth-order valence-electron chi connectivity index (χ4n) is 3.62. The van der Waals surface area contributed by atoms with Crippen LogP contribution in [0.1, 0.15) is 77.0 Å². The molecule has 2 atom stereocenters. The van der Waals surface area contributed by atoms with E-state index in [-0.39, 0.29) is 43.5 Å². The first kappa shape index (κ1) is 30.7. The second kappa shape index (κ2) is 14.3. The molecule has 1 aromatic heterocycles. The van der Waals surface area contributed by atoms with Crippen LogP contribution < -0.4 is 0 Å². The average molecular weight is 651 g/mol. The third kappa shape index (κ3) is 8.70. The van der Waals surface area contributed by atoms with Crippen molar-refractivity contribution >= 4 is 16.6 Å². The zero-order valence-electron chi connectivity index (χ0n) is 22.4. The minimum absolute atomic E-state index is 0. The summed E-state index contributed by atoms with van der Waals surface area (Å²) in [5.74, 6) is 0.873. The van der Waals surface area contributed by atoms with E-state index >= 15 is 0 Å². The van der Waals surface area contributed by atoms with Gasteiger partial charge in [-0.2, -0.15) is 0 Å². The van der Waals surface area contributed by atoms with Gasteiger partial charge >= 0.3 is 0 Å². The number of rotatable bonds is 7. The first-order valence-corrected chi connectivity index (χ1v) is 12.4. The van der Waals surface area contributed by atoms with E-state index in [1.165, 1.54) is 28.0 Å². The van der Waals surface area contributed by atoms with Crippen LogP contribution in [0.5, 0.6) is 0 Å². The van der Waals surface area contributed by atoms with Crippen LogP contribution >= 0.6 is 0 Å². The van der Waals surface area contributed by atoms with Gasteiger partial charge in [0.05, 0.1) is 5.76 Å². The molecule has 0 amide bonds. The predicted molar refractivity (Wildman–Crippen MR) is 144 cm³/mol. The maximum absolute atomic E-state index is 11.4. The van der Waals surface area contributed by atoms with Crippen molar-refractivity contribution in [2.75, 3.05) is 0 Å². The Morgan fingerprint density at radius 2 is 1.66 bits per heavy atom. The van der Waals surface area contributed by atoms with Gasteiger partial charge in [0.15, 0.2) is 5.78 Å². The summed E-state index contributed by atoms with van der Waals surface area (Å²) >= 11 is 0. The predicted octanol–water partition coefficient (Wildman–Crippen LogP) is 8.53. The van der Waals surface area contributed by atoms with Gasteiger partial charge in [-0.05, 0) is 46.9 Å². The number of aliphatic hydroxyl groups is 1. The van der Waals surface area contributed by atoms with Crippen molar-refractivity contribution in [3.05, 3.63) is 77.2 Å². The van der Waals surface area contributed by atoms with E-state index < -0.39 is 0 Å². The van der Waals surface area contributed by atoms with E-state index in [9.17, 15) is 9.90 Å². The van der Waals surface area contributed by atoms with Gasteiger partial charge in [0.2, 0.25) is 0 Å². The number of fused-ring (bicyclic) bond motifs is 1. The number of aromatic nitrogens is 1. The van der Waals surface area contributed by atoms with Crippen molar-refractivity contribution in [1.29, 1.82) is 0 Å². The van der Waals surface area contributed by atoms with Gasteiger partial charge < -0.3 is 10.1 Å². The maximum Gasteiger partial charge on any atom is 0.161 e. The van der Waals surface area contributed by atoms with Crippen molar-refractivity contribution < 1.29 is 30.0 Å². The number of carbonyl (C=O) groups excluding carboxylic acids is 1. The number of ketones is 1. The Morgan fingerprint density at radius 1 is 1.00 bits per heavy atom. The summed E-state index contributed by atoms with van der Waals surface area (Å²) in [6.07, 6.45) is 4.94. The fraction of sp³-hybridized carbons (Fsp3) is 0.419. The zero-order chi connectivity index (χ0) is 25.4. The monoisotopic (exact) mass is 651 g/mol. The minimum Gasteiger partial charge on any atom is -0.512 e. The fourth-order valence-corrected chi connectivity index (χ4v) is 3.62. The molecule has 2 aromatic carbocycles. The molecule has 3 rings (SSSR count). The molecule has 0 saturated carbocycles. The Bertz CT molecular complexity index is 1130. The van der Waals surface area contributed by atoms with Crippen molar-refractivity contribution in [2.45, 2.75) is 74.1 Å². The Morgan fingerprint density at radius 3 is 2.23 bits per heavy atom. The van der Waals surface area contributed by atoms with E-state index in [0.29, 0.717) is 5.92 Å². The van der Waals surface area contributed by atoms with Gasteiger partial charge in [0.1, 0.15) is 0 Å². The molecule has 0 saturated heterocycles. The molecular weight excluding hydrogens is 611 g/mol. The molecule has 0 aliphatic heterocycles. The van der Waals surface area contributed by atoms with Crippen molar-refractivity contribution in [2.24, 2.45) is 11.8 Å². The van der Waals surface area contributed by atoms with Crippen LogP contribution in [0.3, 0.4) is 0 Å². The molecule has 0 fully saturated rings. The molecular formula is C31H40IrNO2-. The molecule has 0 aliphatic carbocycles. The number of hydrogen-bond acceptors (Lipinski definition) is 3. The van der Waals surface area contributed by atoms with Gasteiger partial charge in [-0.15, -0.1) is 34.9 Å². The summed E-state index contributed by atoms with van der Waals surface area (Å²) in [6, 6.07) is 16.5. The standard InChI is InChI=1S/C20H20N.C11H20O2.Ir/c1-13(2)17-6-5-16-7-8-21-20(19(16)12-17)18-10-14(3)9-15(4)11-18;1-5-8(3)10(12)7-11(13)9(4)6-2;/h5-10,12-13H,1-4H3;7-9,12H,5-6H2,1-4H3;/q-1;;/b;10-7-;. The number of benzene rings is 2. The Balaban J connectivity index is 0.000000383. The number of nitrogens with zero attached hydrogens (tertiary/aromatic N) is 1. The number of pyridine rings is 1. The number of allylic oxidation sites excluding steroid dienone is 2. The van der Waals surface area contributed by atoms with E-state index in [0.717, 1.165) is 29.7 Å². The number of aryl methyl sites for hydroxylation is 2. The number of aliphatic hydroxyl groups excluding tert-OH is 1. The van der Waals surface area contributed by atoms with Crippen LogP contribution in [0.15, 0.2) is 54.4 Å². The SMILES string of the molecule is CCC(C)C(=O)/C=C(\O)C(C)CC.Cc1[c-]c(-c2nccc3ccc(C(C)C)cc23)cc(C)c1.[Ir]. The smallest absolute Gasteiger partial charge is 0.161 e. The number of hydrogen-bond donors (Lipinski definition) is 1. The van der Waals surface area contributed by atoms with Gasteiger partial charge in [-0.1, -0.05) is 73.6 Å². The van der Waals surface area contributed by atoms with Crippen LogP contribution in [0.2, 0.25) is 0 Å². The van der Waals surface area contributed by atoms with E-state index in [1.54, 1.807) is 0 Å². The van der Waals surface area contributed by atoms with Crippen molar-refractivity contribution in [3.63, 3.8) is 0 Å². The average Bonchev–Trinajstić information content (AvgIpc) is 2.81. The van der Waals surface area contributed by atoms with E-state index in [1.807, 2.05) is 33.9 Å². The molecule has 35 heavy (non-hydrogen) atoms. The summed E-state index contributed by atoms with van der Waals surface area (Å²) in [5.41, 5.74) is 5.87. The second-order valence-electron chi connectivity index (χ2n) is 9.64. The van der Waals surface area contributed by atoms with Crippen LogP contribution in [0.25, 0.3) is 22.0 Å². The van der Waals surface area contributed by atoms with Gasteiger partial charge in [-0.25, -0.2) is 0 Å². The largest absolute Gasteiger partial charge is 0.512 e.